The Morgan fingerprint density at radius 3 is 2.47 bits per heavy atom. The van der Waals surface area contributed by atoms with Crippen LogP contribution < -0.4 is 5.32 Å². The number of aryl methyl sites for hydroxylation is 2. The Balaban J connectivity index is 2.41. The average molecular weight is 283 g/mol. The molecular formula is C14H21NO3S. The Morgan fingerprint density at radius 1 is 1.26 bits per heavy atom. The van der Waals surface area contributed by atoms with Crippen LogP contribution in [-0.2, 0) is 15.6 Å². The van der Waals surface area contributed by atoms with Gasteiger partial charge < -0.3 is 10.4 Å². The molecule has 5 heteroatoms. The van der Waals surface area contributed by atoms with E-state index in [2.05, 4.69) is 5.32 Å². The van der Waals surface area contributed by atoms with Gasteiger partial charge in [-0.1, -0.05) is 18.2 Å². The van der Waals surface area contributed by atoms with Gasteiger partial charge in [-0.2, -0.15) is 0 Å². The Bertz CT molecular complexity index is 440. The van der Waals surface area contributed by atoms with Crippen LogP contribution in [0.25, 0.3) is 0 Å². The maximum Gasteiger partial charge on any atom is 0.224 e. The van der Waals surface area contributed by atoms with Gasteiger partial charge in [0.05, 0.1) is 6.61 Å². The van der Waals surface area contributed by atoms with Crippen LogP contribution in [-0.4, -0.2) is 33.3 Å². The van der Waals surface area contributed by atoms with Gasteiger partial charge in [-0.15, -0.1) is 0 Å². The van der Waals surface area contributed by atoms with Gasteiger partial charge in [0.25, 0.3) is 0 Å². The largest absolute Gasteiger partial charge is 0.395 e. The number of rotatable bonds is 7. The summed E-state index contributed by atoms with van der Waals surface area (Å²) < 4.78 is 11.3. The summed E-state index contributed by atoms with van der Waals surface area (Å²) in [4.78, 5) is 11.8. The van der Waals surface area contributed by atoms with Crippen LogP contribution in [0.3, 0.4) is 0 Å². The smallest absolute Gasteiger partial charge is 0.224 e. The van der Waals surface area contributed by atoms with Gasteiger partial charge in [0.2, 0.25) is 5.91 Å². The van der Waals surface area contributed by atoms with Gasteiger partial charge in [0.15, 0.2) is 0 Å². The second-order valence-electron chi connectivity index (χ2n) is 4.49. The first-order valence-electron chi connectivity index (χ1n) is 6.36. The number of aliphatic hydroxyl groups excluding tert-OH is 1. The number of carbonyl (C=O) groups is 1. The fourth-order valence-electron chi connectivity index (χ4n) is 1.81. The topological polar surface area (TPSA) is 66.4 Å². The summed E-state index contributed by atoms with van der Waals surface area (Å²) in [5.41, 5.74) is 2.94. The van der Waals surface area contributed by atoms with Crippen LogP contribution in [0, 0.1) is 13.8 Å². The summed E-state index contributed by atoms with van der Waals surface area (Å²) in [6.07, 6.45) is 0.925. The summed E-state index contributed by atoms with van der Waals surface area (Å²) in [5, 5.41) is 11.5. The fraction of sp³-hybridized carbons (Fsp3) is 0.500. The SMILES string of the molecule is Cc1cccc(C)c1NC(=O)CCCS(=O)CCO. The Labute approximate surface area is 116 Å². The first-order chi connectivity index (χ1) is 9.04. The van der Waals surface area contributed by atoms with E-state index in [1.54, 1.807) is 0 Å². The third-order valence-corrected chi connectivity index (χ3v) is 4.22. The molecule has 0 spiro atoms. The first kappa shape index (κ1) is 15.9. The summed E-state index contributed by atoms with van der Waals surface area (Å²) in [6, 6.07) is 5.87. The van der Waals surface area contributed by atoms with Crippen molar-refractivity contribution in [3.05, 3.63) is 29.3 Å². The first-order valence-corrected chi connectivity index (χ1v) is 7.85. The van der Waals surface area contributed by atoms with Crippen LogP contribution in [0.15, 0.2) is 18.2 Å². The van der Waals surface area contributed by atoms with E-state index >= 15 is 0 Å². The number of aliphatic hydroxyl groups is 1. The Morgan fingerprint density at radius 2 is 1.89 bits per heavy atom. The quantitative estimate of drug-likeness (QED) is 0.801. The molecule has 4 nitrogen and oxygen atoms in total. The van der Waals surface area contributed by atoms with Crippen molar-refractivity contribution in [2.24, 2.45) is 0 Å². The molecule has 0 fully saturated rings. The Kier molecular flexibility index (Phi) is 6.73. The highest BCUT2D eigenvalue weighted by molar-refractivity contribution is 7.84. The molecule has 1 rings (SSSR count). The number of para-hydroxylation sites is 1. The zero-order valence-corrected chi connectivity index (χ0v) is 12.3. The van der Waals surface area contributed by atoms with Gasteiger partial charge in [-0.05, 0) is 31.4 Å². The van der Waals surface area contributed by atoms with E-state index in [-0.39, 0.29) is 12.5 Å². The number of hydrogen-bond acceptors (Lipinski definition) is 3. The molecule has 0 heterocycles. The lowest BCUT2D eigenvalue weighted by molar-refractivity contribution is -0.116. The van der Waals surface area contributed by atoms with Crippen LogP contribution >= 0.6 is 0 Å². The lowest BCUT2D eigenvalue weighted by atomic mass is 10.1. The molecule has 0 aliphatic rings. The zero-order valence-electron chi connectivity index (χ0n) is 11.4. The van der Waals surface area contributed by atoms with Crippen molar-refractivity contribution in [3.8, 4) is 0 Å². The van der Waals surface area contributed by atoms with Crippen LogP contribution in [0.4, 0.5) is 5.69 Å². The fourth-order valence-corrected chi connectivity index (χ4v) is 2.69. The minimum Gasteiger partial charge on any atom is -0.395 e. The van der Waals surface area contributed by atoms with Gasteiger partial charge in [-0.3, -0.25) is 9.00 Å². The van der Waals surface area contributed by atoms with Gasteiger partial charge in [0.1, 0.15) is 0 Å². The summed E-state index contributed by atoms with van der Waals surface area (Å²) in [6.45, 7) is 3.85. The van der Waals surface area contributed by atoms with Crippen LogP contribution in [0.5, 0.6) is 0 Å². The standard InChI is InChI=1S/C14H21NO3S/c1-11-5-3-6-12(2)14(11)15-13(17)7-4-9-19(18)10-8-16/h3,5-6,16H,4,7-10H2,1-2H3,(H,15,17). The van der Waals surface area contributed by atoms with E-state index in [9.17, 15) is 9.00 Å². The maximum absolute atomic E-state index is 11.8. The van der Waals surface area contributed by atoms with E-state index < -0.39 is 10.8 Å². The van der Waals surface area contributed by atoms with Gasteiger partial charge in [0, 0.05) is 34.4 Å². The van der Waals surface area contributed by atoms with Crippen molar-refractivity contribution >= 4 is 22.4 Å². The van der Waals surface area contributed by atoms with E-state index in [4.69, 9.17) is 5.11 Å². The molecule has 1 atom stereocenters. The molecule has 0 radical (unpaired) electrons. The molecule has 1 amide bonds. The highest BCUT2D eigenvalue weighted by Crippen LogP contribution is 2.19. The lowest BCUT2D eigenvalue weighted by Crippen LogP contribution is -2.15. The van der Waals surface area contributed by atoms with Crippen molar-refractivity contribution in [3.63, 3.8) is 0 Å². The third-order valence-electron chi connectivity index (χ3n) is 2.84. The molecule has 1 unspecified atom stereocenters. The molecule has 0 bridgehead atoms. The normalized spacial score (nSPS) is 12.2. The van der Waals surface area contributed by atoms with Crippen molar-refractivity contribution in [2.45, 2.75) is 26.7 Å². The second-order valence-corrected chi connectivity index (χ2v) is 6.19. The van der Waals surface area contributed by atoms with Crippen molar-refractivity contribution in [2.75, 3.05) is 23.4 Å². The Hall–Kier alpha value is -1.20. The highest BCUT2D eigenvalue weighted by atomic mass is 32.2. The van der Waals surface area contributed by atoms with Crippen molar-refractivity contribution in [1.82, 2.24) is 0 Å². The molecule has 0 aliphatic heterocycles. The van der Waals surface area contributed by atoms with Crippen molar-refractivity contribution < 1.29 is 14.1 Å². The second kappa shape index (κ2) is 8.07. The van der Waals surface area contributed by atoms with E-state index in [1.807, 2.05) is 32.0 Å². The molecule has 1 aromatic rings. The van der Waals surface area contributed by atoms with Crippen LogP contribution in [0.1, 0.15) is 24.0 Å². The molecule has 19 heavy (non-hydrogen) atoms. The number of anilines is 1. The lowest BCUT2D eigenvalue weighted by Gasteiger charge is -2.11. The number of nitrogens with one attached hydrogen (secondary N) is 1. The third kappa shape index (κ3) is 5.53. The monoisotopic (exact) mass is 283 g/mol. The van der Waals surface area contributed by atoms with Crippen molar-refractivity contribution in [1.29, 1.82) is 0 Å². The number of carbonyl (C=O) groups excluding carboxylic acids is 1. The maximum atomic E-state index is 11.8. The summed E-state index contributed by atoms with van der Waals surface area (Å²) in [7, 11) is -1.02. The molecule has 106 valence electrons. The van der Waals surface area contributed by atoms with E-state index in [0.29, 0.717) is 24.3 Å². The molecule has 0 saturated carbocycles. The van der Waals surface area contributed by atoms with Gasteiger partial charge >= 0.3 is 0 Å². The van der Waals surface area contributed by atoms with Crippen LogP contribution in [0.2, 0.25) is 0 Å². The minimum absolute atomic E-state index is 0.0570. The van der Waals surface area contributed by atoms with Gasteiger partial charge in [-0.25, -0.2) is 0 Å². The predicted molar refractivity (Wildman–Crippen MR) is 78.7 cm³/mol. The van der Waals surface area contributed by atoms with E-state index in [0.717, 1.165) is 16.8 Å². The molecule has 0 aromatic heterocycles. The number of benzene rings is 1. The number of hydrogen-bond donors (Lipinski definition) is 2. The minimum atomic E-state index is -1.02. The predicted octanol–water partition coefficient (Wildman–Crippen LogP) is 1.76. The molecule has 0 aliphatic carbocycles. The molecular weight excluding hydrogens is 262 g/mol. The number of amides is 1. The molecule has 2 N–H and O–H groups in total. The molecule has 1 aromatic carbocycles. The zero-order chi connectivity index (χ0) is 14.3. The molecule has 0 saturated heterocycles. The summed E-state index contributed by atoms with van der Waals surface area (Å²) >= 11 is 0. The average Bonchev–Trinajstić information content (AvgIpc) is 2.34. The highest BCUT2D eigenvalue weighted by Gasteiger charge is 2.08. The summed E-state index contributed by atoms with van der Waals surface area (Å²) in [5.74, 6) is 0.692. The van der Waals surface area contributed by atoms with E-state index in [1.165, 1.54) is 0 Å².